The maximum atomic E-state index is 13.1. The zero-order valence-electron chi connectivity index (χ0n) is 9.20. The van der Waals surface area contributed by atoms with Gasteiger partial charge in [-0.05, 0) is 46.3 Å². The summed E-state index contributed by atoms with van der Waals surface area (Å²) in [6.45, 7) is 0.441. The highest BCUT2D eigenvalue weighted by Gasteiger charge is 2.14. The first-order chi connectivity index (χ1) is 8.60. The van der Waals surface area contributed by atoms with Crippen molar-refractivity contribution < 1.29 is 8.78 Å². The average molecular weight is 350 g/mol. The molecule has 1 heterocycles. The second-order valence-electron chi connectivity index (χ2n) is 3.56. The van der Waals surface area contributed by atoms with Crippen molar-refractivity contribution in [3.8, 4) is 0 Å². The lowest BCUT2D eigenvalue weighted by molar-refractivity contribution is 0.506. The van der Waals surface area contributed by atoms with Crippen LogP contribution in [0.25, 0.3) is 0 Å². The number of hydrogen-bond donors (Lipinski definition) is 1. The van der Waals surface area contributed by atoms with E-state index in [9.17, 15) is 8.78 Å². The molecule has 1 nitrogen and oxygen atoms in total. The van der Waals surface area contributed by atoms with Crippen LogP contribution in [0.5, 0.6) is 0 Å². The summed E-state index contributed by atoms with van der Waals surface area (Å²) >= 11 is 6.43. The standard InChI is InChI=1S/C12H10BrF2NS2/c13-12-4-3-10(18-12)11(6-16)17-7-1-2-8(14)9(15)5-7/h1-5,11H,6,16H2. The Morgan fingerprint density at radius 2 is 2.00 bits per heavy atom. The van der Waals surface area contributed by atoms with Gasteiger partial charge in [-0.3, -0.25) is 0 Å². The molecule has 1 unspecified atom stereocenters. The van der Waals surface area contributed by atoms with Gasteiger partial charge in [-0.25, -0.2) is 8.78 Å². The van der Waals surface area contributed by atoms with Crippen LogP contribution in [0.2, 0.25) is 0 Å². The molecule has 0 saturated carbocycles. The van der Waals surface area contributed by atoms with Crippen LogP contribution < -0.4 is 5.73 Å². The molecule has 1 atom stereocenters. The second kappa shape index (κ2) is 6.14. The third-order valence-corrected chi connectivity index (χ3v) is 5.44. The highest BCUT2D eigenvalue weighted by atomic mass is 79.9. The molecular weight excluding hydrogens is 340 g/mol. The fourth-order valence-electron chi connectivity index (χ4n) is 1.44. The Bertz CT molecular complexity index is 545. The summed E-state index contributed by atoms with van der Waals surface area (Å²) in [5.41, 5.74) is 5.73. The molecular formula is C12H10BrF2NS2. The topological polar surface area (TPSA) is 26.0 Å². The van der Waals surface area contributed by atoms with Crippen molar-refractivity contribution in [2.75, 3.05) is 6.54 Å². The van der Waals surface area contributed by atoms with Crippen LogP contribution in [-0.2, 0) is 0 Å². The van der Waals surface area contributed by atoms with Gasteiger partial charge in [0.15, 0.2) is 11.6 Å². The van der Waals surface area contributed by atoms with Crippen molar-refractivity contribution in [1.29, 1.82) is 0 Å². The summed E-state index contributed by atoms with van der Waals surface area (Å²) in [5.74, 6) is -1.66. The van der Waals surface area contributed by atoms with Gasteiger partial charge in [-0.15, -0.1) is 23.1 Å². The summed E-state index contributed by atoms with van der Waals surface area (Å²) in [4.78, 5) is 1.79. The van der Waals surface area contributed by atoms with Gasteiger partial charge in [-0.1, -0.05) is 0 Å². The van der Waals surface area contributed by atoms with Crippen LogP contribution in [0, 0.1) is 11.6 Å². The minimum absolute atomic E-state index is 0.0474. The smallest absolute Gasteiger partial charge is 0.159 e. The van der Waals surface area contributed by atoms with Crippen molar-refractivity contribution in [2.45, 2.75) is 10.1 Å². The van der Waals surface area contributed by atoms with Crippen LogP contribution >= 0.6 is 39.0 Å². The van der Waals surface area contributed by atoms with Gasteiger partial charge in [0.05, 0.1) is 9.04 Å². The molecule has 0 aliphatic heterocycles. The number of nitrogens with two attached hydrogens (primary N) is 1. The Morgan fingerprint density at radius 3 is 2.56 bits per heavy atom. The molecule has 1 aromatic carbocycles. The summed E-state index contributed by atoms with van der Waals surface area (Å²) in [6, 6.07) is 7.84. The van der Waals surface area contributed by atoms with E-state index in [2.05, 4.69) is 15.9 Å². The first-order valence-corrected chi connectivity index (χ1v) is 7.66. The minimum atomic E-state index is -0.831. The van der Waals surface area contributed by atoms with E-state index < -0.39 is 11.6 Å². The molecule has 0 bridgehead atoms. The van der Waals surface area contributed by atoms with Gasteiger partial charge in [0, 0.05) is 16.3 Å². The van der Waals surface area contributed by atoms with Crippen molar-refractivity contribution >= 4 is 39.0 Å². The van der Waals surface area contributed by atoms with Crippen LogP contribution in [0.3, 0.4) is 0 Å². The third kappa shape index (κ3) is 3.32. The Labute approximate surface area is 121 Å². The van der Waals surface area contributed by atoms with Crippen LogP contribution in [-0.4, -0.2) is 6.54 Å². The molecule has 1 aromatic heterocycles. The van der Waals surface area contributed by atoms with Gasteiger partial charge < -0.3 is 5.73 Å². The predicted molar refractivity (Wildman–Crippen MR) is 76.0 cm³/mol. The first-order valence-electron chi connectivity index (χ1n) is 5.17. The fraction of sp³-hybridized carbons (Fsp3) is 0.167. The van der Waals surface area contributed by atoms with Crippen molar-refractivity contribution in [3.05, 3.63) is 50.6 Å². The number of benzene rings is 1. The van der Waals surface area contributed by atoms with E-state index in [0.29, 0.717) is 11.4 Å². The summed E-state index contributed by atoms with van der Waals surface area (Å²) in [6.07, 6.45) is 0. The van der Waals surface area contributed by atoms with Crippen LogP contribution in [0.1, 0.15) is 10.1 Å². The zero-order chi connectivity index (χ0) is 13.1. The van der Waals surface area contributed by atoms with Crippen LogP contribution in [0.15, 0.2) is 39.0 Å². The molecule has 0 spiro atoms. The maximum Gasteiger partial charge on any atom is 0.159 e. The van der Waals surface area contributed by atoms with E-state index in [1.54, 1.807) is 17.4 Å². The average Bonchev–Trinajstić information content (AvgIpc) is 2.77. The molecule has 0 fully saturated rings. The van der Waals surface area contributed by atoms with Gasteiger partial charge in [-0.2, -0.15) is 0 Å². The summed E-state index contributed by atoms with van der Waals surface area (Å²) < 4.78 is 27.0. The van der Waals surface area contributed by atoms with Gasteiger partial charge in [0.1, 0.15) is 0 Å². The number of rotatable bonds is 4. The largest absolute Gasteiger partial charge is 0.329 e. The second-order valence-corrected chi connectivity index (χ2v) is 7.33. The van der Waals surface area contributed by atoms with Crippen LogP contribution in [0.4, 0.5) is 8.78 Å². The quantitative estimate of drug-likeness (QED) is 0.817. The maximum absolute atomic E-state index is 13.1. The number of thioether (sulfide) groups is 1. The fourth-order valence-corrected chi connectivity index (χ4v) is 4.08. The Hall–Kier alpha value is -0.430. The van der Waals surface area contributed by atoms with E-state index in [1.165, 1.54) is 17.8 Å². The molecule has 0 aliphatic carbocycles. The van der Waals surface area contributed by atoms with E-state index in [1.807, 2.05) is 12.1 Å². The predicted octanol–water partition coefficient (Wildman–Crippen LogP) is 4.58. The third-order valence-electron chi connectivity index (χ3n) is 2.29. The van der Waals surface area contributed by atoms with Gasteiger partial charge >= 0.3 is 0 Å². The lowest BCUT2D eigenvalue weighted by Crippen LogP contribution is -2.07. The Morgan fingerprint density at radius 1 is 1.22 bits per heavy atom. The first kappa shape index (κ1) is 14.0. The van der Waals surface area contributed by atoms with E-state index in [4.69, 9.17) is 5.73 Å². The summed E-state index contributed by atoms with van der Waals surface area (Å²) in [7, 11) is 0. The molecule has 0 aliphatic rings. The number of thiophene rings is 1. The molecule has 2 aromatic rings. The molecule has 6 heteroatoms. The van der Waals surface area contributed by atoms with Gasteiger partial charge in [0.25, 0.3) is 0 Å². The number of halogens is 3. The lowest BCUT2D eigenvalue weighted by Gasteiger charge is -2.12. The lowest BCUT2D eigenvalue weighted by atomic mass is 10.3. The minimum Gasteiger partial charge on any atom is -0.329 e. The van der Waals surface area contributed by atoms with E-state index in [-0.39, 0.29) is 5.25 Å². The van der Waals surface area contributed by atoms with Crippen molar-refractivity contribution in [3.63, 3.8) is 0 Å². The van der Waals surface area contributed by atoms with E-state index >= 15 is 0 Å². The number of hydrogen-bond acceptors (Lipinski definition) is 3. The highest BCUT2D eigenvalue weighted by Crippen LogP contribution is 2.39. The Balaban J connectivity index is 2.17. The molecule has 0 saturated heterocycles. The van der Waals surface area contributed by atoms with Crippen molar-refractivity contribution in [2.24, 2.45) is 5.73 Å². The van der Waals surface area contributed by atoms with Crippen molar-refractivity contribution in [1.82, 2.24) is 0 Å². The summed E-state index contributed by atoms with van der Waals surface area (Å²) in [5, 5.41) is 0.0474. The highest BCUT2D eigenvalue weighted by molar-refractivity contribution is 9.11. The molecule has 18 heavy (non-hydrogen) atoms. The molecule has 2 N–H and O–H groups in total. The molecule has 2 rings (SSSR count). The Kier molecular flexibility index (Phi) is 4.77. The zero-order valence-corrected chi connectivity index (χ0v) is 12.4. The molecule has 0 amide bonds. The SMILES string of the molecule is NCC(Sc1ccc(F)c(F)c1)c1ccc(Br)s1. The molecule has 0 radical (unpaired) electrons. The molecule has 96 valence electrons. The normalized spacial score (nSPS) is 12.7. The monoisotopic (exact) mass is 349 g/mol. The van der Waals surface area contributed by atoms with Gasteiger partial charge in [0.2, 0.25) is 0 Å². The van der Waals surface area contributed by atoms with E-state index in [0.717, 1.165) is 14.7 Å².